The molecule has 0 saturated carbocycles. The van der Waals surface area contributed by atoms with E-state index in [1.165, 1.54) is 6.42 Å². The van der Waals surface area contributed by atoms with Gasteiger partial charge in [-0.15, -0.1) is 0 Å². The van der Waals surface area contributed by atoms with E-state index in [1.807, 2.05) is 43.6 Å². The Morgan fingerprint density at radius 2 is 2.04 bits per heavy atom. The molecule has 0 unspecified atom stereocenters. The third-order valence-corrected chi connectivity index (χ3v) is 5.86. The first kappa shape index (κ1) is 17.9. The van der Waals surface area contributed by atoms with E-state index in [4.69, 9.17) is 0 Å². The lowest BCUT2D eigenvalue weighted by molar-refractivity contribution is -0.137. The van der Waals surface area contributed by atoms with Crippen LogP contribution in [0.15, 0.2) is 36.7 Å². The molecule has 1 spiro atoms. The van der Waals surface area contributed by atoms with Crippen molar-refractivity contribution >= 4 is 11.7 Å². The van der Waals surface area contributed by atoms with E-state index in [0.29, 0.717) is 6.42 Å². The van der Waals surface area contributed by atoms with E-state index in [2.05, 4.69) is 24.8 Å². The summed E-state index contributed by atoms with van der Waals surface area (Å²) in [4.78, 5) is 30.2. The van der Waals surface area contributed by atoms with Gasteiger partial charge in [0.1, 0.15) is 11.6 Å². The fraction of sp³-hybridized carbons (Fsp3) is 0.524. The van der Waals surface area contributed by atoms with E-state index in [9.17, 15) is 4.79 Å². The lowest BCUT2D eigenvalue weighted by atomic mass is 9.73. The topological polar surface area (TPSA) is 62.2 Å². The first-order valence-electron chi connectivity index (χ1n) is 9.86. The molecule has 27 heavy (non-hydrogen) atoms. The number of hydrogen-bond donors (Lipinski definition) is 0. The van der Waals surface area contributed by atoms with Crippen LogP contribution in [0, 0.1) is 12.3 Å². The molecule has 0 N–H and O–H groups in total. The largest absolute Gasteiger partial charge is 0.356 e. The molecule has 1 atom stereocenters. The summed E-state index contributed by atoms with van der Waals surface area (Å²) in [5.74, 6) is 2.10. The van der Waals surface area contributed by atoms with Gasteiger partial charge in [-0.3, -0.25) is 9.78 Å². The maximum absolute atomic E-state index is 12.5. The van der Waals surface area contributed by atoms with Crippen molar-refractivity contribution in [1.29, 1.82) is 0 Å². The molecular formula is C21H27N5O. The van der Waals surface area contributed by atoms with Crippen LogP contribution in [0.2, 0.25) is 0 Å². The summed E-state index contributed by atoms with van der Waals surface area (Å²) >= 11 is 0. The van der Waals surface area contributed by atoms with Gasteiger partial charge in [0, 0.05) is 62.5 Å². The molecule has 0 bridgehead atoms. The fourth-order valence-corrected chi connectivity index (χ4v) is 4.46. The Labute approximate surface area is 160 Å². The van der Waals surface area contributed by atoms with E-state index in [-0.39, 0.29) is 11.3 Å². The fourth-order valence-electron chi connectivity index (χ4n) is 4.46. The van der Waals surface area contributed by atoms with Crippen LogP contribution >= 0.6 is 0 Å². The van der Waals surface area contributed by atoms with Crippen LogP contribution in [0.3, 0.4) is 0 Å². The molecule has 2 saturated heterocycles. The number of rotatable bonds is 4. The zero-order valence-corrected chi connectivity index (χ0v) is 16.0. The van der Waals surface area contributed by atoms with Gasteiger partial charge < -0.3 is 9.80 Å². The van der Waals surface area contributed by atoms with Crippen molar-refractivity contribution in [2.75, 3.05) is 31.1 Å². The number of anilines is 1. The molecule has 0 radical (unpaired) electrons. The van der Waals surface area contributed by atoms with Gasteiger partial charge in [0.2, 0.25) is 5.91 Å². The summed E-state index contributed by atoms with van der Waals surface area (Å²) in [7, 11) is 0. The lowest BCUT2D eigenvalue weighted by Crippen LogP contribution is -2.54. The summed E-state index contributed by atoms with van der Waals surface area (Å²) in [5, 5.41) is 0. The molecule has 2 aliphatic heterocycles. The Kier molecular flexibility index (Phi) is 5.05. The second-order valence-electron chi connectivity index (χ2n) is 7.87. The predicted octanol–water partition coefficient (Wildman–Crippen LogP) is 2.63. The summed E-state index contributed by atoms with van der Waals surface area (Å²) in [6, 6.07) is 7.96. The van der Waals surface area contributed by atoms with Crippen molar-refractivity contribution in [2.24, 2.45) is 5.41 Å². The molecule has 4 rings (SSSR count). The average Bonchev–Trinajstić information content (AvgIpc) is 2.70. The second kappa shape index (κ2) is 7.62. The number of amides is 1. The van der Waals surface area contributed by atoms with Crippen molar-refractivity contribution in [2.45, 2.75) is 39.0 Å². The number of aromatic nitrogens is 3. The monoisotopic (exact) mass is 365 g/mol. The molecule has 0 aliphatic carbocycles. The molecule has 142 valence electrons. The standard InChI is InChI=1S/C21H27N5O/c1-17-22-12-7-19(24-17)25-13-4-9-21(15-25)10-6-20(27)26(16-21)14-8-18-5-2-3-11-23-18/h2-3,5,7,11-12H,4,6,8-10,13-16H2,1H3/t21-/m1/s1. The van der Waals surface area contributed by atoms with Crippen molar-refractivity contribution in [3.8, 4) is 0 Å². The van der Waals surface area contributed by atoms with Crippen LogP contribution in [0.25, 0.3) is 0 Å². The number of hydrogen-bond acceptors (Lipinski definition) is 5. The van der Waals surface area contributed by atoms with Gasteiger partial charge in [-0.05, 0) is 44.4 Å². The van der Waals surface area contributed by atoms with Gasteiger partial charge >= 0.3 is 0 Å². The number of nitrogens with zero attached hydrogens (tertiary/aromatic N) is 5. The average molecular weight is 365 g/mol. The first-order chi connectivity index (χ1) is 13.1. The van der Waals surface area contributed by atoms with Crippen molar-refractivity contribution in [3.63, 3.8) is 0 Å². The van der Waals surface area contributed by atoms with Gasteiger partial charge in [-0.1, -0.05) is 6.07 Å². The Morgan fingerprint density at radius 3 is 2.85 bits per heavy atom. The number of piperidine rings is 2. The highest BCUT2D eigenvalue weighted by atomic mass is 16.2. The number of aryl methyl sites for hydroxylation is 1. The maximum atomic E-state index is 12.5. The van der Waals surface area contributed by atoms with Gasteiger partial charge in [0.05, 0.1) is 0 Å². The van der Waals surface area contributed by atoms with E-state index >= 15 is 0 Å². The number of pyridine rings is 1. The minimum Gasteiger partial charge on any atom is -0.356 e. The Morgan fingerprint density at radius 1 is 1.11 bits per heavy atom. The molecule has 2 fully saturated rings. The number of likely N-dealkylation sites (tertiary alicyclic amines) is 1. The van der Waals surface area contributed by atoms with Crippen LogP contribution < -0.4 is 4.90 Å². The molecule has 6 nitrogen and oxygen atoms in total. The first-order valence-corrected chi connectivity index (χ1v) is 9.86. The molecular weight excluding hydrogens is 338 g/mol. The van der Waals surface area contributed by atoms with E-state index < -0.39 is 0 Å². The van der Waals surface area contributed by atoms with E-state index in [1.54, 1.807) is 0 Å². The van der Waals surface area contributed by atoms with E-state index in [0.717, 1.165) is 62.8 Å². The maximum Gasteiger partial charge on any atom is 0.222 e. The van der Waals surface area contributed by atoms with Crippen LogP contribution in [0.4, 0.5) is 5.82 Å². The zero-order chi connectivity index (χ0) is 18.7. The van der Waals surface area contributed by atoms with Crippen molar-refractivity contribution in [1.82, 2.24) is 19.9 Å². The summed E-state index contributed by atoms with van der Waals surface area (Å²) in [6.07, 6.45) is 8.43. The normalized spacial score (nSPS) is 23.1. The molecule has 6 heteroatoms. The second-order valence-corrected chi connectivity index (χ2v) is 7.87. The highest BCUT2D eigenvalue weighted by Gasteiger charge is 2.41. The third-order valence-electron chi connectivity index (χ3n) is 5.86. The lowest BCUT2D eigenvalue weighted by Gasteiger charge is -2.48. The van der Waals surface area contributed by atoms with Gasteiger partial charge in [-0.2, -0.15) is 0 Å². The third kappa shape index (κ3) is 4.10. The van der Waals surface area contributed by atoms with Crippen LogP contribution in [-0.4, -0.2) is 51.9 Å². The molecule has 2 aromatic heterocycles. The Hall–Kier alpha value is -2.50. The van der Waals surface area contributed by atoms with Crippen LogP contribution in [-0.2, 0) is 11.2 Å². The molecule has 2 aliphatic rings. The minimum atomic E-state index is 0.176. The molecule has 1 amide bonds. The van der Waals surface area contributed by atoms with Crippen molar-refractivity contribution < 1.29 is 4.79 Å². The molecule has 4 heterocycles. The highest BCUT2D eigenvalue weighted by Crippen LogP contribution is 2.39. The van der Waals surface area contributed by atoms with Crippen molar-refractivity contribution in [3.05, 3.63) is 48.2 Å². The molecule has 0 aromatic carbocycles. The highest BCUT2D eigenvalue weighted by molar-refractivity contribution is 5.77. The summed E-state index contributed by atoms with van der Waals surface area (Å²) < 4.78 is 0. The Balaban J connectivity index is 1.44. The zero-order valence-electron chi connectivity index (χ0n) is 16.0. The number of carbonyl (C=O) groups is 1. The quantitative estimate of drug-likeness (QED) is 0.833. The molecule has 2 aromatic rings. The Bertz CT molecular complexity index is 796. The van der Waals surface area contributed by atoms with Gasteiger partial charge in [0.15, 0.2) is 0 Å². The SMILES string of the molecule is Cc1nccc(N2CCC[C@@]3(CCC(=O)N(CCc4ccccn4)C3)C2)n1. The van der Waals surface area contributed by atoms with Gasteiger partial charge in [0.25, 0.3) is 0 Å². The minimum absolute atomic E-state index is 0.176. The summed E-state index contributed by atoms with van der Waals surface area (Å²) in [5.41, 5.74) is 1.22. The van der Waals surface area contributed by atoms with Crippen LogP contribution in [0.1, 0.15) is 37.2 Å². The van der Waals surface area contributed by atoms with Gasteiger partial charge in [-0.25, -0.2) is 9.97 Å². The number of carbonyl (C=O) groups excluding carboxylic acids is 1. The predicted molar refractivity (Wildman–Crippen MR) is 104 cm³/mol. The summed E-state index contributed by atoms with van der Waals surface area (Å²) in [6.45, 7) is 5.53. The van der Waals surface area contributed by atoms with Crippen LogP contribution in [0.5, 0.6) is 0 Å². The smallest absolute Gasteiger partial charge is 0.222 e.